The maximum Gasteiger partial charge on any atom is 0.340 e. The first-order chi connectivity index (χ1) is 9.92. The summed E-state index contributed by atoms with van der Waals surface area (Å²) in [7, 11) is 1.37. The highest BCUT2D eigenvalue weighted by Crippen LogP contribution is 2.34. The van der Waals surface area contributed by atoms with E-state index >= 15 is 0 Å². The van der Waals surface area contributed by atoms with Crippen LogP contribution in [0.5, 0.6) is 0 Å². The number of ether oxygens (including phenoxy) is 1. The number of benzene rings is 1. The molecule has 2 aromatic rings. The highest BCUT2D eigenvalue weighted by Gasteiger charge is 2.19. The van der Waals surface area contributed by atoms with Crippen LogP contribution in [0, 0.1) is 6.92 Å². The Hall–Kier alpha value is -0.920. The molecule has 0 saturated heterocycles. The summed E-state index contributed by atoms with van der Waals surface area (Å²) < 4.78 is 6.44. The normalized spacial score (nSPS) is 12.0. The molecule has 1 atom stereocenters. The minimum atomic E-state index is -0.388. The van der Waals surface area contributed by atoms with Crippen LogP contribution in [0.15, 0.2) is 26.5 Å². The third-order valence-corrected chi connectivity index (χ3v) is 4.78. The average molecular weight is 434 g/mol. The first kappa shape index (κ1) is 16.5. The maximum absolute atomic E-state index is 11.9. The van der Waals surface area contributed by atoms with Gasteiger partial charge in [-0.05, 0) is 41.9 Å². The van der Waals surface area contributed by atoms with Gasteiger partial charge in [-0.25, -0.2) is 9.78 Å². The number of esters is 1. The Morgan fingerprint density at radius 2 is 2.14 bits per heavy atom. The van der Waals surface area contributed by atoms with Crippen molar-refractivity contribution in [3.8, 4) is 0 Å². The van der Waals surface area contributed by atoms with Crippen molar-refractivity contribution in [1.82, 2.24) is 4.98 Å². The molecular formula is C14H14Br2N2O2S. The van der Waals surface area contributed by atoms with Crippen molar-refractivity contribution < 1.29 is 9.53 Å². The quantitative estimate of drug-likeness (QED) is 0.694. The fourth-order valence-electron chi connectivity index (χ4n) is 1.86. The van der Waals surface area contributed by atoms with Gasteiger partial charge in [-0.1, -0.05) is 15.9 Å². The number of aromatic nitrogens is 1. The van der Waals surface area contributed by atoms with Gasteiger partial charge in [0.1, 0.15) is 0 Å². The lowest BCUT2D eigenvalue weighted by molar-refractivity contribution is 0.0601. The zero-order chi connectivity index (χ0) is 15.6. The summed E-state index contributed by atoms with van der Waals surface area (Å²) in [6, 6.07) is 3.60. The molecular weight excluding hydrogens is 420 g/mol. The third kappa shape index (κ3) is 3.84. The van der Waals surface area contributed by atoms with Crippen LogP contribution in [0.3, 0.4) is 0 Å². The molecule has 1 aromatic heterocycles. The number of nitrogens with one attached hydrogen (secondary N) is 1. The van der Waals surface area contributed by atoms with E-state index in [0.29, 0.717) is 11.3 Å². The van der Waals surface area contributed by atoms with E-state index in [-0.39, 0.29) is 12.0 Å². The molecule has 0 saturated carbocycles. The fraction of sp³-hybridized carbons (Fsp3) is 0.286. The van der Waals surface area contributed by atoms with Crippen LogP contribution in [-0.2, 0) is 4.74 Å². The van der Waals surface area contributed by atoms with Gasteiger partial charge >= 0.3 is 5.97 Å². The van der Waals surface area contributed by atoms with E-state index in [9.17, 15) is 4.79 Å². The average Bonchev–Trinajstić information content (AvgIpc) is 2.87. The summed E-state index contributed by atoms with van der Waals surface area (Å²) in [5.41, 5.74) is 2.11. The van der Waals surface area contributed by atoms with Crippen molar-refractivity contribution in [3.05, 3.63) is 42.7 Å². The Labute approximate surface area is 144 Å². The van der Waals surface area contributed by atoms with E-state index in [1.54, 1.807) is 17.4 Å². The monoisotopic (exact) mass is 432 g/mol. The van der Waals surface area contributed by atoms with Crippen LogP contribution >= 0.6 is 43.2 Å². The van der Waals surface area contributed by atoms with Gasteiger partial charge in [-0.2, -0.15) is 0 Å². The van der Waals surface area contributed by atoms with Crippen molar-refractivity contribution >= 4 is 54.9 Å². The maximum atomic E-state index is 11.9. The molecule has 2 rings (SSSR count). The fourth-order valence-corrected chi connectivity index (χ4v) is 3.91. The second-order valence-electron chi connectivity index (χ2n) is 4.46. The van der Waals surface area contributed by atoms with Crippen LogP contribution in [0.25, 0.3) is 0 Å². The highest BCUT2D eigenvalue weighted by molar-refractivity contribution is 9.11. The van der Waals surface area contributed by atoms with Crippen LogP contribution in [0.2, 0.25) is 0 Å². The standard InChI is InChI=1S/C14H14Br2N2O2S/c1-7(12-6-21-8(2)18-12)17-13-10(14(19)20-3)4-9(15)5-11(13)16/h4-7,17H,1-3H3. The van der Waals surface area contributed by atoms with Gasteiger partial charge in [0.15, 0.2) is 0 Å². The van der Waals surface area contributed by atoms with Crippen molar-refractivity contribution in [3.63, 3.8) is 0 Å². The van der Waals surface area contributed by atoms with Gasteiger partial charge in [0, 0.05) is 14.3 Å². The van der Waals surface area contributed by atoms with E-state index in [4.69, 9.17) is 4.74 Å². The number of carbonyl (C=O) groups excluding carboxylic acids is 1. The molecule has 0 aliphatic heterocycles. The summed E-state index contributed by atoms with van der Waals surface area (Å²) >= 11 is 8.47. The van der Waals surface area contributed by atoms with Gasteiger partial charge in [-0.3, -0.25) is 0 Å². The molecule has 1 heterocycles. The van der Waals surface area contributed by atoms with Gasteiger partial charge < -0.3 is 10.1 Å². The van der Waals surface area contributed by atoms with Crippen LogP contribution < -0.4 is 5.32 Å². The van der Waals surface area contributed by atoms with E-state index in [0.717, 1.165) is 19.6 Å². The molecule has 21 heavy (non-hydrogen) atoms. The lowest BCUT2D eigenvalue weighted by atomic mass is 10.1. The Morgan fingerprint density at radius 3 is 2.71 bits per heavy atom. The highest BCUT2D eigenvalue weighted by atomic mass is 79.9. The number of anilines is 1. The molecule has 0 radical (unpaired) electrons. The lowest BCUT2D eigenvalue weighted by Crippen LogP contribution is -2.13. The van der Waals surface area contributed by atoms with E-state index in [1.165, 1.54) is 7.11 Å². The summed E-state index contributed by atoms with van der Waals surface area (Å²) in [6.07, 6.45) is 0. The van der Waals surface area contributed by atoms with Gasteiger partial charge in [-0.15, -0.1) is 11.3 Å². The van der Waals surface area contributed by atoms with Crippen molar-refractivity contribution in [2.45, 2.75) is 19.9 Å². The molecule has 0 aliphatic rings. The van der Waals surface area contributed by atoms with Crippen molar-refractivity contribution in [1.29, 1.82) is 0 Å². The molecule has 0 bridgehead atoms. The molecule has 0 amide bonds. The molecule has 0 aliphatic carbocycles. The number of nitrogens with zero attached hydrogens (tertiary/aromatic N) is 1. The van der Waals surface area contributed by atoms with Crippen molar-refractivity contribution in [2.75, 3.05) is 12.4 Å². The van der Waals surface area contributed by atoms with Gasteiger partial charge in [0.05, 0.1) is 35.1 Å². The van der Waals surface area contributed by atoms with E-state index in [2.05, 4.69) is 42.2 Å². The van der Waals surface area contributed by atoms with Crippen LogP contribution in [0.1, 0.15) is 34.0 Å². The predicted octanol–water partition coefficient (Wildman–Crippen LogP) is 4.94. The Kier molecular flexibility index (Phi) is 5.40. The second kappa shape index (κ2) is 6.89. The minimum absolute atomic E-state index is 0.0177. The number of aryl methyl sites for hydroxylation is 1. The summed E-state index contributed by atoms with van der Waals surface area (Å²) in [4.78, 5) is 16.4. The zero-order valence-electron chi connectivity index (χ0n) is 11.7. The Morgan fingerprint density at radius 1 is 1.43 bits per heavy atom. The molecule has 4 nitrogen and oxygen atoms in total. The number of carbonyl (C=O) groups is 1. The third-order valence-electron chi connectivity index (χ3n) is 2.90. The number of rotatable bonds is 4. The summed E-state index contributed by atoms with van der Waals surface area (Å²) in [5, 5.41) is 6.35. The lowest BCUT2D eigenvalue weighted by Gasteiger charge is -2.18. The van der Waals surface area contributed by atoms with E-state index in [1.807, 2.05) is 25.3 Å². The number of halogens is 2. The second-order valence-corrected chi connectivity index (χ2v) is 7.29. The first-order valence-electron chi connectivity index (χ1n) is 6.18. The molecule has 0 spiro atoms. The number of thiazole rings is 1. The Bertz CT molecular complexity index is 673. The van der Waals surface area contributed by atoms with Gasteiger partial charge in [0.25, 0.3) is 0 Å². The first-order valence-corrected chi connectivity index (χ1v) is 8.65. The molecule has 1 unspecified atom stereocenters. The van der Waals surface area contributed by atoms with Crippen LogP contribution in [0.4, 0.5) is 5.69 Å². The number of hydrogen-bond acceptors (Lipinski definition) is 5. The number of methoxy groups -OCH3 is 1. The molecule has 112 valence electrons. The zero-order valence-corrected chi connectivity index (χ0v) is 15.7. The molecule has 1 aromatic carbocycles. The van der Waals surface area contributed by atoms with Crippen molar-refractivity contribution in [2.24, 2.45) is 0 Å². The largest absolute Gasteiger partial charge is 0.465 e. The number of hydrogen-bond donors (Lipinski definition) is 1. The minimum Gasteiger partial charge on any atom is -0.465 e. The smallest absolute Gasteiger partial charge is 0.340 e. The molecule has 1 N–H and O–H groups in total. The van der Waals surface area contributed by atoms with Gasteiger partial charge in [0.2, 0.25) is 0 Å². The predicted molar refractivity (Wildman–Crippen MR) is 92.1 cm³/mol. The molecule has 7 heteroatoms. The Balaban J connectivity index is 2.36. The summed E-state index contributed by atoms with van der Waals surface area (Å²) in [6.45, 7) is 3.97. The molecule has 0 fully saturated rings. The topological polar surface area (TPSA) is 51.2 Å². The summed E-state index contributed by atoms with van der Waals surface area (Å²) in [5.74, 6) is -0.388. The SMILES string of the molecule is COC(=O)c1cc(Br)cc(Br)c1NC(C)c1csc(C)n1. The van der Waals surface area contributed by atoms with Crippen LogP contribution in [-0.4, -0.2) is 18.1 Å². The van der Waals surface area contributed by atoms with E-state index < -0.39 is 0 Å².